The fourth-order valence-corrected chi connectivity index (χ4v) is 3.17. The van der Waals surface area contributed by atoms with Crippen LogP contribution in [0.3, 0.4) is 0 Å². The third kappa shape index (κ3) is 2.53. The summed E-state index contributed by atoms with van der Waals surface area (Å²) in [4.78, 5) is 8.26. The lowest BCUT2D eigenvalue weighted by molar-refractivity contribution is 0.410. The molecule has 2 aromatic heterocycles. The molecule has 1 aliphatic rings. The van der Waals surface area contributed by atoms with Crippen LogP contribution in [-0.2, 0) is 0 Å². The van der Waals surface area contributed by atoms with Gasteiger partial charge in [-0.05, 0) is 25.0 Å². The minimum Gasteiger partial charge on any atom is -0.421 e. The molecule has 124 valence electrons. The zero-order chi connectivity index (χ0) is 16.7. The maximum atomic E-state index is 13.7. The molecule has 4 rings (SSSR count). The smallest absolute Gasteiger partial charge is 0.326 e. The molecule has 0 unspecified atom stereocenters. The third-order valence-corrected chi connectivity index (χ3v) is 4.31. The molecular weight excluding hydrogens is 316 g/mol. The number of fused-ring (bicyclic) bond motifs is 1. The monoisotopic (exact) mass is 331 g/mol. The van der Waals surface area contributed by atoms with Crippen molar-refractivity contribution in [3.05, 3.63) is 35.5 Å². The van der Waals surface area contributed by atoms with Crippen LogP contribution in [0.15, 0.2) is 18.2 Å². The molecule has 0 atom stereocenters. The van der Waals surface area contributed by atoms with Crippen LogP contribution in [0.4, 0.5) is 14.6 Å². The SMILES string of the molecule is Nc1nc(Oc2ccc(F)cc2F)nc2n[nH]c(C3CCCC3)c12. The first-order valence-corrected chi connectivity index (χ1v) is 7.76. The van der Waals surface area contributed by atoms with Crippen LogP contribution in [0.5, 0.6) is 11.8 Å². The molecule has 6 nitrogen and oxygen atoms in total. The first kappa shape index (κ1) is 14.8. The predicted octanol–water partition coefficient (Wildman–Crippen LogP) is 3.66. The highest BCUT2D eigenvalue weighted by Gasteiger charge is 2.24. The number of halogens is 2. The first-order valence-electron chi connectivity index (χ1n) is 7.76. The van der Waals surface area contributed by atoms with E-state index in [0.29, 0.717) is 17.0 Å². The molecule has 3 N–H and O–H groups in total. The third-order valence-electron chi connectivity index (χ3n) is 4.31. The van der Waals surface area contributed by atoms with E-state index >= 15 is 0 Å². The van der Waals surface area contributed by atoms with Crippen LogP contribution < -0.4 is 10.5 Å². The van der Waals surface area contributed by atoms with E-state index in [0.717, 1.165) is 30.7 Å². The number of ether oxygens (including phenoxy) is 1. The van der Waals surface area contributed by atoms with Crippen LogP contribution in [0.1, 0.15) is 37.3 Å². The lowest BCUT2D eigenvalue weighted by Crippen LogP contribution is -2.01. The van der Waals surface area contributed by atoms with Gasteiger partial charge in [-0.15, -0.1) is 0 Å². The Morgan fingerprint density at radius 2 is 1.96 bits per heavy atom. The Kier molecular flexibility index (Phi) is 3.51. The van der Waals surface area contributed by atoms with Crippen LogP contribution >= 0.6 is 0 Å². The molecule has 0 amide bonds. The average Bonchev–Trinajstić information content (AvgIpc) is 3.19. The summed E-state index contributed by atoms with van der Waals surface area (Å²) in [6.07, 6.45) is 4.51. The van der Waals surface area contributed by atoms with Crippen molar-refractivity contribution in [2.24, 2.45) is 0 Å². The fraction of sp³-hybridized carbons (Fsp3) is 0.312. The van der Waals surface area contributed by atoms with E-state index < -0.39 is 11.6 Å². The normalized spacial score (nSPS) is 15.2. The molecule has 1 aromatic carbocycles. The summed E-state index contributed by atoms with van der Waals surface area (Å²) in [5, 5.41) is 7.86. The van der Waals surface area contributed by atoms with Gasteiger partial charge >= 0.3 is 6.01 Å². The van der Waals surface area contributed by atoms with Crippen molar-refractivity contribution in [2.45, 2.75) is 31.6 Å². The summed E-state index contributed by atoms with van der Waals surface area (Å²) in [5.41, 5.74) is 7.36. The van der Waals surface area contributed by atoms with E-state index in [1.165, 1.54) is 18.9 Å². The molecule has 0 spiro atoms. The number of nitrogens with zero attached hydrogens (tertiary/aromatic N) is 3. The number of anilines is 1. The summed E-state index contributed by atoms with van der Waals surface area (Å²) in [7, 11) is 0. The van der Waals surface area contributed by atoms with E-state index in [2.05, 4.69) is 20.2 Å². The van der Waals surface area contributed by atoms with Gasteiger partial charge in [0.25, 0.3) is 0 Å². The fourth-order valence-electron chi connectivity index (χ4n) is 3.17. The van der Waals surface area contributed by atoms with E-state index in [-0.39, 0.29) is 17.6 Å². The van der Waals surface area contributed by atoms with Crippen LogP contribution in [0.2, 0.25) is 0 Å². The Morgan fingerprint density at radius 1 is 1.17 bits per heavy atom. The van der Waals surface area contributed by atoms with Gasteiger partial charge in [-0.1, -0.05) is 12.8 Å². The quantitative estimate of drug-likeness (QED) is 0.764. The summed E-state index contributed by atoms with van der Waals surface area (Å²) in [5.74, 6) is -1.10. The van der Waals surface area contributed by atoms with Crippen molar-refractivity contribution < 1.29 is 13.5 Å². The molecule has 24 heavy (non-hydrogen) atoms. The Labute approximate surface area is 136 Å². The lowest BCUT2D eigenvalue weighted by Gasteiger charge is -2.08. The molecule has 8 heteroatoms. The average molecular weight is 331 g/mol. The maximum absolute atomic E-state index is 13.7. The van der Waals surface area contributed by atoms with Crippen LogP contribution in [0.25, 0.3) is 11.0 Å². The number of hydrogen-bond donors (Lipinski definition) is 2. The second kappa shape index (κ2) is 5.70. The summed E-state index contributed by atoms with van der Waals surface area (Å²) >= 11 is 0. The number of rotatable bonds is 3. The van der Waals surface area contributed by atoms with Crippen molar-refractivity contribution >= 4 is 16.9 Å². The molecule has 1 fully saturated rings. The number of hydrogen-bond acceptors (Lipinski definition) is 5. The first-order chi connectivity index (χ1) is 11.6. The Balaban J connectivity index is 1.70. The largest absolute Gasteiger partial charge is 0.421 e. The molecule has 0 aliphatic heterocycles. The summed E-state index contributed by atoms with van der Waals surface area (Å²) < 4.78 is 31.9. The van der Waals surface area contributed by atoms with Gasteiger partial charge in [0.1, 0.15) is 11.6 Å². The highest BCUT2D eigenvalue weighted by Crippen LogP contribution is 2.38. The van der Waals surface area contributed by atoms with Gasteiger partial charge in [0.2, 0.25) is 0 Å². The number of aromatic nitrogens is 4. The van der Waals surface area contributed by atoms with E-state index in [1.807, 2.05) is 0 Å². The molecule has 0 saturated heterocycles. The highest BCUT2D eigenvalue weighted by atomic mass is 19.1. The zero-order valence-electron chi connectivity index (χ0n) is 12.7. The minimum atomic E-state index is -0.842. The molecule has 0 radical (unpaired) electrons. The summed E-state index contributed by atoms with van der Waals surface area (Å²) in [6.45, 7) is 0. The maximum Gasteiger partial charge on any atom is 0.326 e. The van der Waals surface area contributed by atoms with Crippen molar-refractivity contribution in [2.75, 3.05) is 5.73 Å². The highest BCUT2D eigenvalue weighted by molar-refractivity contribution is 5.88. The van der Waals surface area contributed by atoms with E-state index in [1.54, 1.807) is 0 Å². The van der Waals surface area contributed by atoms with Crippen molar-refractivity contribution in [3.63, 3.8) is 0 Å². The van der Waals surface area contributed by atoms with Crippen LogP contribution in [0, 0.1) is 11.6 Å². The molecule has 0 bridgehead atoms. The van der Waals surface area contributed by atoms with Gasteiger partial charge in [-0.3, -0.25) is 5.10 Å². The Morgan fingerprint density at radius 3 is 2.71 bits per heavy atom. The predicted molar refractivity (Wildman–Crippen MR) is 83.7 cm³/mol. The minimum absolute atomic E-state index is 0.130. The van der Waals surface area contributed by atoms with Gasteiger partial charge in [0, 0.05) is 12.0 Å². The number of nitrogens with one attached hydrogen (secondary N) is 1. The Hall–Kier alpha value is -2.77. The second-order valence-corrected chi connectivity index (χ2v) is 5.89. The summed E-state index contributed by atoms with van der Waals surface area (Å²) in [6, 6.07) is 2.86. The van der Waals surface area contributed by atoms with Gasteiger partial charge < -0.3 is 10.5 Å². The zero-order valence-corrected chi connectivity index (χ0v) is 12.7. The molecule has 3 aromatic rings. The number of benzene rings is 1. The van der Waals surface area contributed by atoms with Gasteiger partial charge in [0.15, 0.2) is 17.2 Å². The van der Waals surface area contributed by atoms with Crippen molar-refractivity contribution in [3.8, 4) is 11.8 Å². The van der Waals surface area contributed by atoms with E-state index in [4.69, 9.17) is 10.5 Å². The topological polar surface area (TPSA) is 89.7 Å². The van der Waals surface area contributed by atoms with Gasteiger partial charge in [-0.2, -0.15) is 15.1 Å². The van der Waals surface area contributed by atoms with Crippen molar-refractivity contribution in [1.82, 2.24) is 20.2 Å². The number of H-pyrrole nitrogens is 1. The number of nitrogen functional groups attached to an aromatic ring is 1. The molecule has 1 aliphatic carbocycles. The molecule has 1 saturated carbocycles. The van der Waals surface area contributed by atoms with Gasteiger partial charge in [-0.25, -0.2) is 8.78 Å². The molecular formula is C16H15F2N5O. The van der Waals surface area contributed by atoms with Crippen LogP contribution in [-0.4, -0.2) is 20.2 Å². The Bertz CT molecular complexity index is 905. The van der Waals surface area contributed by atoms with E-state index in [9.17, 15) is 8.78 Å². The lowest BCUT2D eigenvalue weighted by atomic mass is 10.0. The number of aromatic amines is 1. The van der Waals surface area contributed by atoms with Gasteiger partial charge in [0.05, 0.1) is 11.1 Å². The molecule has 2 heterocycles. The standard InChI is InChI=1S/C16H15F2N5O/c17-9-5-6-11(10(18)7-9)24-16-20-14(19)12-13(8-3-1-2-4-8)22-23-15(12)21-16/h5-8H,1-4H2,(H3,19,20,21,22,23). The second-order valence-electron chi connectivity index (χ2n) is 5.89. The number of nitrogens with two attached hydrogens (primary N) is 1. The van der Waals surface area contributed by atoms with Crippen molar-refractivity contribution in [1.29, 1.82) is 0 Å².